The van der Waals surface area contributed by atoms with Crippen molar-refractivity contribution in [3.8, 4) is 5.75 Å². The number of amides is 1. The van der Waals surface area contributed by atoms with Gasteiger partial charge in [-0.25, -0.2) is 0 Å². The molecule has 1 atom stereocenters. The molecule has 1 saturated carbocycles. The van der Waals surface area contributed by atoms with E-state index in [2.05, 4.69) is 15.4 Å². The van der Waals surface area contributed by atoms with Gasteiger partial charge in [-0.3, -0.25) is 14.5 Å². The van der Waals surface area contributed by atoms with Gasteiger partial charge in [-0.1, -0.05) is 6.92 Å². The van der Waals surface area contributed by atoms with Crippen molar-refractivity contribution in [1.29, 1.82) is 0 Å². The third-order valence-electron chi connectivity index (χ3n) is 4.79. The Balaban J connectivity index is 1.63. The van der Waals surface area contributed by atoms with Crippen LogP contribution in [0, 0.1) is 12.8 Å². The van der Waals surface area contributed by atoms with Crippen LogP contribution in [0.25, 0.3) is 0 Å². The standard InChI is InChI=1S/C19H26N4O3/c1-4-16-17(6-5-12(2)21-16)26-11-18(25)22-19(13-7-15(24)8-13)14-9-20-23(3)10-14/h5-6,9-10,13,15,19,24H,4,7-8,11H2,1-3H3,(H,22,25)/t13?,15?,19-/m1/s1. The zero-order valence-corrected chi connectivity index (χ0v) is 15.5. The zero-order chi connectivity index (χ0) is 18.7. The van der Waals surface area contributed by atoms with Crippen LogP contribution >= 0.6 is 0 Å². The van der Waals surface area contributed by atoms with Gasteiger partial charge in [0.15, 0.2) is 6.61 Å². The number of aliphatic hydroxyl groups excluding tert-OH is 1. The first-order valence-electron chi connectivity index (χ1n) is 9.01. The molecule has 0 radical (unpaired) electrons. The molecule has 140 valence electrons. The van der Waals surface area contributed by atoms with E-state index in [1.165, 1.54) is 0 Å². The summed E-state index contributed by atoms with van der Waals surface area (Å²) in [6.45, 7) is 3.87. The summed E-state index contributed by atoms with van der Waals surface area (Å²) >= 11 is 0. The lowest BCUT2D eigenvalue weighted by atomic mass is 9.75. The Kier molecular flexibility index (Phi) is 5.56. The maximum absolute atomic E-state index is 12.5. The van der Waals surface area contributed by atoms with E-state index in [0.717, 1.165) is 23.4 Å². The highest BCUT2D eigenvalue weighted by atomic mass is 16.5. The fourth-order valence-electron chi connectivity index (χ4n) is 3.32. The van der Waals surface area contributed by atoms with E-state index in [9.17, 15) is 9.90 Å². The Hall–Kier alpha value is -2.41. The summed E-state index contributed by atoms with van der Waals surface area (Å²) in [6.07, 6.45) is 5.49. The third kappa shape index (κ3) is 4.22. The number of aryl methyl sites for hydroxylation is 3. The largest absolute Gasteiger partial charge is 0.482 e. The minimum Gasteiger partial charge on any atom is -0.482 e. The van der Waals surface area contributed by atoms with Crippen LogP contribution in [-0.4, -0.2) is 38.5 Å². The van der Waals surface area contributed by atoms with Gasteiger partial charge in [-0.15, -0.1) is 0 Å². The molecule has 0 bridgehead atoms. The van der Waals surface area contributed by atoms with Crippen LogP contribution in [0.2, 0.25) is 0 Å². The van der Waals surface area contributed by atoms with Crippen molar-refractivity contribution in [2.24, 2.45) is 13.0 Å². The van der Waals surface area contributed by atoms with Crippen molar-refractivity contribution in [3.05, 3.63) is 41.5 Å². The number of aliphatic hydroxyl groups is 1. The van der Waals surface area contributed by atoms with Gasteiger partial charge < -0.3 is 15.2 Å². The second-order valence-electron chi connectivity index (χ2n) is 6.92. The van der Waals surface area contributed by atoms with E-state index in [0.29, 0.717) is 18.6 Å². The monoisotopic (exact) mass is 358 g/mol. The molecule has 0 saturated heterocycles. The number of aromatic nitrogens is 3. The molecule has 7 heteroatoms. The quantitative estimate of drug-likeness (QED) is 0.786. The molecule has 0 aliphatic heterocycles. The lowest BCUT2D eigenvalue weighted by Gasteiger charge is -2.37. The van der Waals surface area contributed by atoms with E-state index < -0.39 is 0 Å². The maximum atomic E-state index is 12.5. The fourth-order valence-corrected chi connectivity index (χ4v) is 3.32. The molecule has 0 unspecified atom stereocenters. The Morgan fingerprint density at radius 3 is 2.85 bits per heavy atom. The summed E-state index contributed by atoms with van der Waals surface area (Å²) in [7, 11) is 1.85. The van der Waals surface area contributed by atoms with Crippen LogP contribution in [0.3, 0.4) is 0 Å². The summed E-state index contributed by atoms with van der Waals surface area (Å²) in [6, 6.07) is 3.57. The molecule has 2 heterocycles. The molecule has 2 aromatic rings. The summed E-state index contributed by atoms with van der Waals surface area (Å²) in [5.74, 6) is 0.665. The summed E-state index contributed by atoms with van der Waals surface area (Å²) in [4.78, 5) is 16.9. The van der Waals surface area contributed by atoms with Crippen molar-refractivity contribution < 1.29 is 14.6 Å². The van der Waals surface area contributed by atoms with Crippen molar-refractivity contribution in [3.63, 3.8) is 0 Å². The molecule has 1 aliphatic carbocycles. The minimum absolute atomic E-state index is 0.0657. The highest BCUT2D eigenvalue weighted by molar-refractivity contribution is 5.78. The number of nitrogens with one attached hydrogen (secondary N) is 1. The Labute approximate surface area is 153 Å². The lowest BCUT2D eigenvalue weighted by molar-refractivity contribution is -0.125. The zero-order valence-electron chi connectivity index (χ0n) is 15.5. The topological polar surface area (TPSA) is 89.3 Å². The number of hydrogen-bond donors (Lipinski definition) is 2. The summed E-state index contributed by atoms with van der Waals surface area (Å²) in [5.41, 5.74) is 2.73. The number of rotatable bonds is 7. The predicted octanol–water partition coefficient (Wildman–Crippen LogP) is 1.69. The summed E-state index contributed by atoms with van der Waals surface area (Å²) < 4.78 is 7.41. The van der Waals surface area contributed by atoms with Crippen molar-refractivity contribution >= 4 is 5.91 Å². The molecule has 3 rings (SSSR count). The van der Waals surface area contributed by atoms with Crippen LogP contribution < -0.4 is 10.1 Å². The summed E-state index contributed by atoms with van der Waals surface area (Å²) in [5, 5.41) is 16.9. The van der Waals surface area contributed by atoms with Crippen molar-refractivity contribution in [1.82, 2.24) is 20.1 Å². The van der Waals surface area contributed by atoms with Gasteiger partial charge in [0.25, 0.3) is 5.91 Å². The third-order valence-corrected chi connectivity index (χ3v) is 4.79. The average Bonchev–Trinajstić information content (AvgIpc) is 3.02. The molecule has 1 amide bonds. The highest BCUT2D eigenvalue weighted by Crippen LogP contribution is 2.37. The van der Waals surface area contributed by atoms with Gasteiger partial charge >= 0.3 is 0 Å². The number of nitrogens with zero attached hydrogens (tertiary/aromatic N) is 3. The van der Waals surface area contributed by atoms with Crippen LogP contribution in [0.5, 0.6) is 5.75 Å². The lowest BCUT2D eigenvalue weighted by Crippen LogP contribution is -2.42. The molecule has 2 N–H and O–H groups in total. The van der Waals surface area contributed by atoms with E-state index >= 15 is 0 Å². The first-order chi connectivity index (χ1) is 12.5. The predicted molar refractivity (Wildman–Crippen MR) is 96.7 cm³/mol. The van der Waals surface area contributed by atoms with E-state index in [-0.39, 0.29) is 30.6 Å². The van der Waals surface area contributed by atoms with Crippen LogP contribution in [0.15, 0.2) is 24.5 Å². The Bertz CT molecular complexity index is 768. The number of ether oxygens (including phenoxy) is 1. The number of carbonyl (C=O) groups is 1. The normalized spacial score (nSPS) is 20.3. The van der Waals surface area contributed by atoms with Gasteiger partial charge in [0.05, 0.1) is 24.0 Å². The highest BCUT2D eigenvalue weighted by Gasteiger charge is 2.36. The molecular weight excluding hydrogens is 332 g/mol. The molecular formula is C19H26N4O3. The van der Waals surface area contributed by atoms with Crippen LogP contribution in [-0.2, 0) is 18.3 Å². The Morgan fingerprint density at radius 2 is 2.23 bits per heavy atom. The first-order valence-corrected chi connectivity index (χ1v) is 9.01. The van der Waals surface area contributed by atoms with Crippen molar-refractivity contribution in [2.75, 3.05) is 6.61 Å². The smallest absolute Gasteiger partial charge is 0.258 e. The van der Waals surface area contributed by atoms with Crippen LogP contribution in [0.1, 0.15) is 42.8 Å². The van der Waals surface area contributed by atoms with Crippen molar-refractivity contribution in [2.45, 2.75) is 45.3 Å². The average molecular weight is 358 g/mol. The first kappa shape index (κ1) is 18.4. The second-order valence-corrected chi connectivity index (χ2v) is 6.92. The molecule has 0 aromatic carbocycles. The number of pyridine rings is 1. The molecule has 1 fully saturated rings. The molecule has 7 nitrogen and oxygen atoms in total. The van der Waals surface area contributed by atoms with Crippen LogP contribution in [0.4, 0.5) is 0 Å². The van der Waals surface area contributed by atoms with Gasteiger partial charge in [-0.2, -0.15) is 5.10 Å². The van der Waals surface area contributed by atoms with Gasteiger partial charge in [-0.05, 0) is 44.2 Å². The Morgan fingerprint density at radius 1 is 1.46 bits per heavy atom. The van der Waals surface area contributed by atoms with E-state index in [1.54, 1.807) is 10.9 Å². The van der Waals surface area contributed by atoms with E-state index in [1.807, 2.05) is 39.2 Å². The minimum atomic E-state index is -0.280. The van der Waals surface area contributed by atoms with Gasteiger partial charge in [0, 0.05) is 24.5 Å². The number of hydrogen-bond acceptors (Lipinski definition) is 5. The van der Waals surface area contributed by atoms with Gasteiger partial charge in [0.1, 0.15) is 5.75 Å². The van der Waals surface area contributed by atoms with E-state index in [4.69, 9.17) is 4.74 Å². The molecule has 2 aromatic heterocycles. The SMILES string of the molecule is CCc1nc(C)ccc1OCC(=O)N[C@@H](c1cnn(C)c1)C1CC(O)C1. The van der Waals surface area contributed by atoms with Gasteiger partial charge in [0.2, 0.25) is 0 Å². The molecule has 0 spiro atoms. The second kappa shape index (κ2) is 7.86. The maximum Gasteiger partial charge on any atom is 0.258 e. The number of carbonyl (C=O) groups excluding carboxylic acids is 1. The molecule has 1 aliphatic rings. The molecule has 26 heavy (non-hydrogen) atoms. The fraction of sp³-hybridized carbons (Fsp3) is 0.526.